The Morgan fingerprint density at radius 3 is 2.09 bits per heavy atom. The Morgan fingerprint density at radius 1 is 0.844 bits per heavy atom. The maximum absolute atomic E-state index is 12.8. The number of hydrogen-bond donors (Lipinski definition) is 2. The Hall–Kier alpha value is -3.78. The number of carbonyl (C=O) groups is 1. The van der Waals surface area contributed by atoms with E-state index in [-0.39, 0.29) is 5.11 Å². The van der Waals surface area contributed by atoms with Gasteiger partial charge in [-0.1, -0.05) is 42.5 Å². The molecule has 0 spiro atoms. The molecule has 166 valence electrons. The van der Waals surface area contributed by atoms with Crippen LogP contribution in [-0.4, -0.2) is 32.3 Å². The van der Waals surface area contributed by atoms with E-state index < -0.39 is 5.91 Å². The number of ether oxygens (including phenoxy) is 4. The highest BCUT2D eigenvalue weighted by atomic mass is 32.1. The number of methoxy groups -OCH3 is 3. The third kappa shape index (κ3) is 5.67. The van der Waals surface area contributed by atoms with Crippen LogP contribution in [0.4, 0.5) is 5.69 Å². The van der Waals surface area contributed by atoms with Crippen LogP contribution in [0, 0.1) is 0 Å². The summed E-state index contributed by atoms with van der Waals surface area (Å²) in [6.07, 6.45) is 0. The van der Waals surface area contributed by atoms with Crippen molar-refractivity contribution in [2.75, 3.05) is 26.6 Å². The fraction of sp³-hybridized carbons (Fsp3) is 0.167. The van der Waals surface area contributed by atoms with Crippen molar-refractivity contribution in [3.63, 3.8) is 0 Å². The van der Waals surface area contributed by atoms with Crippen molar-refractivity contribution in [2.45, 2.75) is 6.61 Å². The number of nitrogens with one attached hydrogen (secondary N) is 2. The van der Waals surface area contributed by atoms with E-state index in [2.05, 4.69) is 10.6 Å². The molecular weight excluding hydrogens is 428 g/mol. The second-order valence-electron chi connectivity index (χ2n) is 6.59. The van der Waals surface area contributed by atoms with Gasteiger partial charge in [-0.3, -0.25) is 10.1 Å². The lowest BCUT2D eigenvalue weighted by Gasteiger charge is -2.16. The molecule has 0 aromatic heterocycles. The first-order valence-corrected chi connectivity index (χ1v) is 10.1. The van der Waals surface area contributed by atoms with Crippen molar-refractivity contribution in [2.24, 2.45) is 0 Å². The normalized spacial score (nSPS) is 10.1. The molecule has 0 aliphatic carbocycles. The fourth-order valence-corrected chi connectivity index (χ4v) is 3.17. The maximum Gasteiger partial charge on any atom is 0.257 e. The van der Waals surface area contributed by atoms with Gasteiger partial charge in [-0.15, -0.1) is 0 Å². The molecule has 3 aromatic carbocycles. The topological polar surface area (TPSA) is 78.1 Å². The minimum Gasteiger partial charge on any atom is -0.493 e. The van der Waals surface area contributed by atoms with Crippen LogP contribution in [0.3, 0.4) is 0 Å². The van der Waals surface area contributed by atoms with Gasteiger partial charge < -0.3 is 24.3 Å². The molecule has 0 aliphatic rings. The minimum atomic E-state index is -0.426. The molecule has 0 saturated carbocycles. The highest BCUT2D eigenvalue weighted by molar-refractivity contribution is 7.80. The van der Waals surface area contributed by atoms with Gasteiger partial charge in [-0.2, -0.15) is 0 Å². The molecule has 0 fully saturated rings. The van der Waals surface area contributed by atoms with E-state index in [1.165, 1.54) is 21.3 Å². The quantitative estimate of drug-likeness (QED) is 0.490. The van der Waals surface area contributed by atoms with Gasteiger partial charge >= 0.3 is 0 Å². The number of thiocarbonyl (C=S) groups is 1. The Labute approximate surface area is 192 Å². The monoisotopic (exact) mass is 452 g/mol. The van der Waals surface area contributed by atoms with Crippen molar-refractivity contribution >= 4 is 28.9 Å². The van der Waals surface area contributed by atoms with E-state index >= 15 is 0 Å². The molecule has 0 radical (unpaired) electrons. The number of carbonyl (C=O) groups excluding carboxylic acids is 1. The summed E-state index contributed by atoms with van der Waals surface area (Å²) in [6, 6.07) is 20.3. The summed E-state index contributed by atoms with van der Waals surface area (Å²) in [5.74, 6) is 1.33. The van der Waals surface area contributed by atoms with E-state index in [4.69, 9.17) is 31.2 Å². The first-order chi connectivity index (χ1) is 15.5. The Bertz CT molecular complexity index is 1060. The summed E-state index contributed by atoms with van der Waals surface area (Å²) in [4.78, 5) is 12.8. The molecule has 7 nitrogen and oxygen atoms in total. The van der Waals surface area contributed by atoms with Gasteiger partial charge in [-0.05, 0) is 42.0 Å². The number of para-hydroxylation sites is 2. The molecule has 32 heavy (non-hydrogen) atoms. The second-order valence-corrected chi connectivity index (χ2v) is 7.00. The van der Waals surface area contributed by atoms with Crippen LogP contribution < -0.4 is 29.6 Å². The zero-order chi connectivity index (χ0) is 22.9. The van der Waals surface area contributed by atoms with Gasteiger partial charge in [0, 0.05) is 5.56 Å². The van der Waals surface area contributed by atoms with E-state index in [1.54, 1.807) is 12.1 Å². The molecule has 3 aromatic rings. The summed E-state index contributed by atoms with van der Waals surface area (Å²) in [5, 5.41) is 5.80. The van der Waals surface area contributed by atoms with Gasteiger partial charge in [0.2, 0.25) is 5.75 Å². The van der Waals surface area contributed by atoms with Crippen molar-refractivity contribution in [1.29, 1.82) is 0 Å². The smallest absolute Gasteiger partial charge is 0.257 e. The van der Waals surface area contributed by atoms with E-state index in [0.717, 1.165) is 5.56 Å². The first-order valence-electron chi connectivity index (χ1n) is 9.73. The molecule has 3 rings (SSSR count). The number of amides is 1. The Morgan fingerprint density at radius 2 is 1.47 bits per heavy atom. The number of rotatable bonds is 8. The lowest BCUT2D eigenvalue weighted by Crippen LogP contribution is -2.34. The van der Waals surface area contributed by atoms with Crippen LogP contribution in [0.25, 0.3) is 0 Å². The standard InChI is InChI=1S/C24H24N2O5S/c1-28-20-13-17(14-21(29-2)22(20)30-3)23(27)26-24(32)25-18-11-7-8-12-19(18)31-15-16-9-5-4-6-10-16/h4-14H,15H2,1-3H3,(H2,25,26,27,32). The van der Waals surface area contributed by atoms with Gasteiger partial charge in [0.15, 0.2) is 16.6 Å². The minimum absolute atomic E-state index is 0.125. The van der Waals surface area contributed by atoms with Gasteiger partial charge in [0.05, 0.1) is 27.0 Å². The summed E-state index contributed by atoms with van der Waals surface area (Å²) in [6.45, 7) is 0.407. The van der Waals surface area contributed by atoms with Gasteiger partial charge in [-0.25, -0.2) is 0 Å². The summed E-state index contributed by atoms with van der Waals surface area (Å²) in [7, 11) is 4.46. The van der Waals surface area contributed by atoms with Crippen molar-refractivity contribution in [3.05, 3.63) is 77.9 Å². The Kier molecular flexibility index (Phi) is 7.88. The first kappa shape index (κ1) is 22.9. The lowest BCUT2D eigenvalue weighted by molar-refractivity contribution is 0.0977. The molecule has 2 N–H and O–H groups in total. The third-order valence-electron chi connectivity index (χ3n) is 4.53. The van der Waals surface area contributed by atoms with Crippen LogP contribution in [0.2, 0.25) is 0 Å². The number of anilines is 1. The zero-order valence-electron chi connectivity index (χ0n) is 18.0. The van der Waals surface area contributed by atoms with Crippen molar-refractivity contribution < 1.29 is 23.7 Å². The average molecular weight is 453 g/mol. The fourth-order valence-electron chi connectivity index (χ4n) is 2.97. The van der Waals surface area contributed by atoms with Crippen LogP contribution in [0.5, 0.6) is 23.0 Å². The maximum atomic E-state index is 12.8. The van der Waals surface area contributed by atoms with Gasteiger partial charge in [0.1, 0.15) is 12.4 Å². The average Bonchev–Trinajstić information content (AvgIpc) is 2.83. The van der Waals surface area contributed by atoms with Gasteiger partial charge in [0.25, 0.3) is 5.91 Å². The second kappa shape index (κ2) is 11.0. The van der Waals surface area contributed by atoms with Crippen LogP contribution in [0.15, 0.2) is 66.7 Å². The van der Waals surface area contributed by atoms with Crippen LogP contribution >= 0.6 is 12.2 Å². The largest absolute Gasteiger partial charge is 0.493 e. The molecule has 1 amide bonds. The molecule has 0 bridgehead atoms. The van der Waals surface area contributed by atoms with Crippen LogP contribution in [0.1, 0.15) is 15.9 Å². The SMILES string of the molecule is COc1cc(C(=O)NC(=S)Nc2ccccc2OCc2ccccc2)cc(OC)c1OC. The number of hydrogen-bond acceptors (Lipinski definition) is 6. The Balaban J connectivity index is 1.69. The van der Waals surface area contributed by atoms with Crippen molar-refractivity contribution in [1.82, 2.24) is 5.32 Å². The molecule has 0 aliphatic heterocycles. The van der Waals surface area contributed by atoms with E-state index in [9.17, 15) is 4.79 Å². The zero-order valence-corrected chi connectivity index (χ0v) is 18.8. The summed E-state index contributed by atoms with van der Waals surface area (Å²) in [5.41, 5.74) is 1.98. The lowest BCUT2D eigenvalue weighted by atomic mass is 10.1. The number of benzene rings is 3. The highest BCUT2D eigenvalue weighted by Crippen LogP contribution is 2.38. The molecule has 0 saturated heterocycles. The summed E-state index contributed by atoms with van der Waals surface area (Å²) >= 11 is 5.33. The van der Waals surface area contributed by atoms with Crippen LogP contribution in [-0.2, 0) is 6.61 Å². The predicted molar refractivity (Wildman–Crippen MR) is 127 cm³/mol. The third-order valence-corrected chi connectivity index (χ3v) is 4.73. The molecule has 8 heteroatoms. The molecular formula is C24H24N2O5S. The molecule has 0 heterocycles. The van der Waals surface area contributed by atoms with Crippen molar-refractivity contribution in [3.8, 4) is 23.0 Å². The van der Waals surface area contributed by atoms with E-state index in [0.29, 0.717) is 40.9 Å². The molecule has 0 atom stereocenters. The summed E-state index contributed by atoms with van der Waals surface area (Å²) < 4.78 is 21.8. The highest BCUT2D eigenvalue weighted by Gasteiger charge is 2.18. The molecule has 0 unspecified atom stereocenters. The van der Waals surface area contributed by atoms with E-state index in [1.807, 2.05) is 54.6 Å². The predicted octanol–water partition coefficient (Wildman–Crippen LogP) is 4.42.